The summed E-state index contributed by atoms with van der Waals surface area (Å²) < 4.78 is 2.94. The summed E-state index contributed by atoms with van der Waals surface area (Å²) in [4.78, 5) is 3.31. The Bertz CT molecular complexity index is 870. The van der Waals surface area contributed by atoms with E-state index in [9.17, 15) is 0 Å². The largest absolute Gasteiger partial charge is 0.330 e. The molecule has 0 atom stereocenters. The zero-order valence-electron chi connectivity index (χ0n) is 11.4. The van der Waals surface area contributed by atoms with E-state index in [0.717, 1.165) is 10.3 Å². The van der Waals surface area contributed by atoms with Crippen molar-refractivity contribution in [3.8, 4) is 5.69 Å². The molecule has 2 nitrogen and oxygen atoms in total. The lowest BCUT2D eigenvalue weighted by molar-refractivity contribution is 0.911. The molecule has 1 aliphatic rings. The van der Waals surface area contributed by atoms with Crippen LogP contribution in [-0.2, 0) is 12.8 Å². The normalized spacial score (nSPS) is 13.8. The van der Waals surface area contributed by atoms with Crippen LogP contribution in [0.15, 0.2) is 36.4 Å². The van der Waals surface area contributed by atoms with Gasteiger partial charge in [0.05, 0.1) is 11.0 Å². The van der Waals surface area contributed by atoms with Crippen molar-refractivity contribution < 1.29 is 0 Å². The average molecular weight is 280 g/mol. The zero-order chi connectivity index (χ0) is 13.7. The minimum atomic E-state index is 0.771. The van der Waals surface area contributed by atoms with Crippen LogP contribution in [-0.4, -0.2) is 9.55 Å². The smallest absolute Gasteiger partial charge is 0.182 e. The Morgan fingerprint density at radius 2 is 1.95 bits per heavy atom. The zero-order valence-corrected chi connectivity index (χ0v) is 12.3. The lowest BCUT2D eigenvalue weighted by atomic mass is 10.1. The number of imidazole rings is 1. The molecule has 3 heteroatoms. The molecule has 1 aromatic heterocycles. The summed E-state index contributed by atoms with van der Waals surface area (Å²) in [6.07, 6.45) is 3.68. The summed E-state index contributed by atoms with van der Waals surface area (Å²) in [6, 6.07) is 13.0. The number of H-pyrrole nitrogens is 1. The van der Waals surface area contributed by atoms with Crippen molar-refractivity contribution in [2.75, 3.05) is 0 Å². The molecule has 1 heterocycles. The van der Waals surface area contributed by atoms with E-state index >= 15 is 0 Å². The van der Waals surface area contributed by atoms with Crippen LogP contribution in [0.1, 0.15) is 23.1 Å². The predicted molar refractivity (Wildman–Crippen MR) is 85.2 cm³/mol. The SMILES string of the molecule is Cc1cccc2[nH]c(=S)n(-c3ccc4c(c3)CCC4)c12. The second-order valence-electron chi connectivity index (χ2n) is 5.54. The first kappa shape index (κ1) is 11.9. The van der Waals surface area contributed by atoms with E-state index in [2.05, 4.69) is 52.9 Å². The molecule has 0 fully saturated rings. The van der Waals surface area contributed by atoms with Gasteiger partial charge in [0.25, 0.3) is 0 Å². The first-order valence-corrected chi connectivity index (χ1v) is 7.47. The standard InChI is InChI=1S/C17H16N2S/c1-11-4-2-7-15-16(11)19(17(20)18-15)14-9-8-12-5-3-6-13(12)10-14/h2,4,7-10H,3,5-6H2,1H3,(H,18,20). The molecule has 0 radical (unpaired) electrons. The van der Waals surface area contributed by atoms with Crippen LogP contribution < -0.4 is 0 Å². The highest BCUT2D eigenvalue weighted by Crippen LogP contribution is 2.27. The minimum absolute atomic E-state index is 0.771. The topological polar surface area (TPSA) is 20.7 Å². The van der Waals surface area contributed by atoms with Gasteiger partial charge in [0.2, 0.25) is 0 Å². The molecule has 0 unspecified atom stereocenters. The maximum atomic E-state index is 5.53. The number of aromatic nitrogens is 2. The Hall–Kier alpha value is -1.87. The number of hydrogen-bond donors (Lipinski definition) is 1. The quantitative estimate of drug-likeness (QED) is 0.652. The third-order valence-electron chi connectivity index (χ3n) is 4.25. The molecule has 3 aromatic rings. The first-order chi connectivity index (χ1) is 9.74. The van der Waals surface area contributed by atoms with Crippen LogP contribution >= 0.6 is 12.2 Å². The van der Waals surface area contributed by atoms with Gasteiger partial charge in [-0.25, -0.2) is 0 Å². The Kier molecular flexibility index (Phi) is 2.57. The van der Waals surface area contributed by atoms with Crippen LogP contribution in [0.3, 0.4) is 0 Å². The number of fused-ring (bicyclic) bond motifs is 2. The first-order valence-electron chi connectivity index (χ1n) is 7.06. The van der Waals surface area contributed by atoms with Gasteiger partial charge in [0.15, 0.2) is 4.77 Å². The molecular weight excluding hydrogens is 264 g/mol. The molecule has 2 aromatic carbocycles. The van der Waals surface area contributed by atoms with Gasteiger partial charge < -0.3 is 4.98 Å². The average Bonchev–Trinajstić information content (AvgIpc) is 3.01. The van der Waals surface area contributed by atoms with Crippen molar-refractivity contribution in [1.29, 1.82) is 0 Å². The fourth-order valence-electron chi connectivity index (χ4n) is 3.27. The minimum Gasteiger partial charge on any atom is -0.330 e. The van der Waals surface area contributed by atoms with Gasteiger partial charge in [-0.2, -0.15) is 0 Å². The maximum Gasteiger partial charge on any atom is 0.182 e. The van der Waals surface area contributed by atoms with Crippen LogP contribution in [0.25, 0.3) is 16.7 Å². The Balaban J connectivity index is 2.03. The van der Waals surface area contributed by atoms with Crippen molar-refractivity contribution in [1.82, 2.24) is 9.55 Å². The molecule has 0 saturated heterocycles. The van der Waals surface area contributed by atoms with Gasteiger partial charge in [-0.15, -0.1) is 0 Å². The van der Waals surface area contributed by atoms with E-state index in [1.165, 1.54) is 47.2 Å². The van der Waals surface area contributed by atoms with Crippen molar-refractivity contribution in [2.24, 2.45) is 0 Å². The van der Waals surface area contributed by atoms with Gasteiger partial charge in [-0.3, -0.25) is 4.57 Å². The number of hydrogen-bond acceptors (Lipinski definition) is 1. The number of benzene rings is 2. The summed E-state index contributed by atoms with van der Waals surface area (Å²) >= 11 is 5.53. The lowest BCUT2D eigenvalue weighted by Crippen LogP contribution is -1.97. The van der Waals surface area contributed by atoms with Crippen LogP contribution in [0.5, 0.6) is 0 Å². The fourth-order valence-corrected chi connectivity index (χ4v) is 3.58. The molecule has 0 bridgehead atoms. The second kappa shape index (κ2) is 4.32. The van der Waals surface area contributed by atoms with Gasteiger partial charge in [0.1, 0.15) is 0 Å². The fraction of sp³-hybridized carbons (Fsp3) is 0.235. The highest BCUT2D eigenvalue weighted by Gasteiger charge is 2.14. The maximum absolute atomic E-state index is 5.53. The summed E-state index contributed by atoms with van der Waals surface area (Å²) in [7, 11) is 0. The Labute approximate surface area is 123 Å². The summed E-state index contributed by atoms with van der Waals surface area (Å²) in [5.74, 6) is 0. The van der Waals surface area contributed by atoms with Crippen molar-refractivity contribution in [3.63, 3.8) is 0 Å². The highest BCUT2D eigenvalue weighted by molar-refractivity contribution is 7.71. The van der Waals surface area contributed by atoms with Crippen LogP contribution in [0.2, 0.25) is 0 Å². The van der Waals surface area contributed by atoms with Crippen LogP contribution in [0, 0.1) is 11.7 Å². The molecule has 100 valence electrons. The molecule has 1 N–H and O–H groups in total. The van der Waals surface area contributed by atoms with Gasteiger partial charge in [-0.1, -0.05) is 18.2 Å². The molecular formula is C17H16N2S. The molecule has 0 amide bonds. The van der Waals surface area contributed by atoms with Crippen LogP contribution in [0.4, 0.5) is 0 Å². The molecule has 20 heavy (non-hydrogen) atoms. The second-order valence-corrected chi connectivity index (χ2v) is 5.93. The lowest BCUT2D eigenvalue weighted by Gasteiger charge is -2.09. The number of nitrogens with zero attached hydrogens (tertiary/aromatic N) is 1. The van der Waals surface area contributed by atoms with Gasteiger partial charge in [0, 0.05) is 5.69 Å². The third kappa shape index (κ3) is 1.66. The Morgan fingerprint density at radius 1 is 1.10 bits per heavy atom. The van der Waals surface area contributed by atoms with Crippen molar-refractivity contribution >= 4 is 23.3 Å². The molecule has 0 aliphatic heterocycles. The number of para-hydroxylation sites is 1. The molecule has 1 aliphatic carbocycles. The number of rotatable bonds is 1. The molecule has 0 spiro atoms. The van der Waals surface area contributed by atoms with Crippen molar-refractivity contribution in [3.05, 3.63) is 57.9 Å². The van der Waals surface area contributed by atoms with E-state index in [1.54, 1.807) is 0 Å². The molecule has 0 saturated carbocycles. The summed E-state index contributed by atoms with van der Waals surface area (Å²) in [6.45, 7) is 2.13. The molecule has 4 rings (SSSR count). The van der Waals surface area contributed by atoms with E-state index in [1.807, 2.05) is 0 Å². The van der Waals surface area contributed by atoms with E-state index < -0.39 is 0 Å². The monoisotopic (exact) mass is 280 g/mol. The predicted octanol–water partition coefficient (Wildman–Crippen LogP) is 4.49. The van der Waals surface area contributed by atoms with Gasteiger partial charge >= 0.3 is 0 Å². The highest BCUT2D eigenvalue weighted by atomic mass is 32.1. The number of aromatic amines is 1. The third-order valence-corrected chi connectivity index (χ3v) is 4.53. The van der Waals surface area contributed by atoms with E-state index in [-0.39, 0.29) is 0 Å². The summed E-state index contributed by atoms with van der Waals surface area (Å²) in [5.41, 5.74) is 7.70. The van der Waals surface area contributed by atoms with E-state index in [0.29, 0.717) is 0 Å². The summed E-state index contributed by atoms with van der Waals surface area (Å²) in [5, 5.41) is 0. The number of nitrogens with one attached hydrogen (secondary N) is 1. The van der Waals surface area contributed by atoms with Gasteiger partial charge in [-0.05, 0) is 73.3 Å². The van der Waals surface area contributed by atoms with E-state index in [4.69, 9.17) is 12.2 Å². The van der Waals surface area contributed by atoms with Crippen molar-refractivity contribution in [2.45, 2.75) is 26.2 Å². The number of aryl methyl sites for hydroxylation is 3. The Morgan fingerprint density at radius 3 is 2.85 bits per heavy atom.